The van der Waals surface area contributed by atoms with Crippen molar-refractivity contribution in [2.75, 3.05) is 41.2 Å². The molecule has 222 valence electrons. The lowest BCUT2D eigenvalue weighted by molar-refractivity contribution is 0.284. The third-order valence-electron chi connectivity index (χ3n) is 7.57. The van der Waals surface area contributed by atoms with E-state index >= 15 is 9.13 Å². The van der Waals surface area contributed by atoms with Gasteiger partial charge in [0.05, 0.1) is 28.4 Å². The molecule has 9 heteroatoms. The average molecular weight is 609 g/mol. The summed E-state index contributed by atoms with van der Waals surface area (Å²) in [5.74, 6) is 2.60. The number of benzene rings is 4. The van der Waals surface area contributed by atoms with E-state index in [-0.39, 0.29) is 12.8 Å². The van der Waals surface area contributed by atoms with Crippen molar-refractivity contribution in [3.05, 3.63) is 97.1 Å². The Morgan fingerprint density at radius 1 is 0.548 bits per heavy atom. The van der Waals surface area contributed by atoms with Crippen LogP contribution in [0.15, 0.2) is 97.1 Å². The van der Waals surface area contributed by atoms with Gasteiger partial charge in [-0.15, -0.1) is 0 Å². The Morgan fingerprint density at radius 3 is 1.14 bits per heavy atom. The lowest BCUT2D eigenvalue weighted by Crippen LogP contribution is -2.32. The molecule has 1 N–H and O–H groups in total. The van der Waals surface area contributed by atoms with Crippen LogP contribution in [0.3, 0.4) is 0 Å². The molecule has 0 aliphatic carbocycles. The fourth-order valence-corrected chi connectivity index (χ4v) is 12.4. The molecule has 0 heterocycles. The smallest absolute Gasteiger partial charge is 0.146 e. The Labute approximate surface area is 248 Å². The first-order chi connectivity index (χ1) is 20.3. The van der Waals surface area contributed by atoms with Crippen molar-refractivity contribution < 1.29 is 33.2 Å². The molecular formula is C33H38O7P2. The van der Waals surface area contributed by atoms with Crippen molar-refractivity contribution in [2.45, 2.75) is 18.5 Å². The van der Waals surface area contributed by atoms with Crippen LogP contribution in [0.25, 0.3) is 0 Å². The summed E-state index contributed by atoms with van der Waals surface area (Å²) in [6, 6.07) is 28.9. The first kappa shape index (κ1) is 31.4. The topological polar surface area (TPSA) is 91.3 Å². The summed E-state index contributed by atoms with van der Waals surface area (Å²) in [6.45, 7) is -0.0723. The molecule has 0 saturated carbocycles. The van der Waals surface area contributed by atoms with E-state index in [0.29, 0.717) is 57.1 Å². The van der Waals surface area contributed by atoms with Crippen molar-refractivity contribution in [3.8, 4) is 23.0 Å². The molecular weight excluding hydrogens is 570 g/mol. The van der Waals surface area contributed by atoms with Crippen LogP contribution in [-0.4, -0.2) is 52.0 Å². The van der Waals surface area contributed by atoms with Crippen molar-refractivity contribution in [3.63, 3.8) is 0 Å². The second-order valence-corrected chi connectivity index (χ2v) is 15.8. The standard InChI is InChI=1S/C33H38O7P2/c1-37-25-7-15-29(16-8-25)41(35,30-17-9-26(38-2)10-18-30)24-33(6-5-23-34)42(36,31-19-11-27(39-3)12-20-31)32-21-13-28(40-4)14-22-32/h7-22,33-34H,5-6,23-24H2,1-4H3. The van der Waals surface area contributed by atoms with Gasteiger partial charge in [-0.1, -0.05) is 0 Å². The maximum Gasteiger partial charge on any atom is 0.146 e. The molecule has 1 atom stereocenters. The zero-order valence-corrected chi connectivity index (χ0v) is 26.2. The van der Waals surface area contributed by atoms with Gasteiger partial charge in [-0.2, -0.15) is 0 Å². The quantitative estimate of drug-likeness (QED) is 0.197. The second-order valence-electron chi connectivity index (χ2n) is 9.89. The third-order valence-corrected chi connectivity index (χ3v) is 14.7. The van der Waals surface area contributed by atoms with Crippen LogP contribution in [0.1, 0.15) is 12.8 Å². The molecule has 42 heavy (non-hydrogen) atoms. The summed E-state index contributed by atoms with van der Waals surface area (Å²) in [6.07, 6.45) is 0.940. The molecule has 0 bridgehead atoms. The Hall–Kier alpha value is -3.50. The summed E-state index contributed by atoms with van der Waals surface area (Å²) in [7, 11) is -0.456. The number of hydrogen-bond acceptors (Lipinski definition) is 7. The van der Waals surface area contributed by atoms with Gasteiger partial charge in [-0.05, 0) is 110 Å². The maximum atomic E-state index is 15.6. The summed E-state index contributed by atoms with van der Waals surface area (Å²) in [4.78, 5) is 0. The number of ether oxygens (including phenoxy) is 4. The van der Waals surface area contributed by atoms with Crippen molar-refractivity contribution >= 4 is 35.5 Å². The minimum atomic E-state index is -3.44. The van der Waals surface area contributed by atoms with E-state index in [1.54, 1.807) is 77.0 Å². The van der Waals surface area contributed by atoms with E-state index in [9.17, 15) is 5.11 Å². The van der Waals surface area contributed by atoms with Gasteiger partial charge in [0.25, 0.3) is 0 Å². The Kier molecular flexibility index (Phi) is 10.6. The molecule has 4 aromatic carbocycles. The summed E-state index contributed by atoms with van der Waals surface area (Å²) in [5, 5.41) is 12.4. The Morgan fingerprint density at radius 2 is 0.857 bits per heavy atom. The number of rotatable bonds is 14. The lowest BCUT2D eigenvalue weighted by Gasteiger charge is -2.32. The van der Waals surface area contributed by atoms with Gasteiger partial charge >= 0.3 is 0 Å². The highest BCUT2D eigenvalue weighted by atomic mass is 31.2. The number of methoxy groups -OCH3 is 4. The van der Waals surface area contributed by atoms with Crippen LogP contribution in [0.2, 0.25) is 0 Å². The van der Waals surface area contributed by atoms with Crippen molar-refractivity contribution in [1.29, 1.82) is 0 Å². The van der Waals surface area contributed by atoms with Crippen LogP contribution in [0.5, 0.6) is 23.0 Å². The molecule has 1 unspecified atom stereocenters. The second kappa shape index (κ2) is 14.1. The summed E-state index contributed by atoms with van der Waals surface area (Å²) < 4.78 is 52.5. The highest BCUT2D eigenvalue weighted by Gasteiger charge is 2.42. The molecule has 0 aliphatic heterocycles. The highest BCUT2D eigenvalue weighted by Crippen LogP contribution is 2.57. The van der Waals surface area contributed by atoms with E-state index in [2.05, 4.69) is 0 Å². The summed E-state index contributed by atoms with van der Waals surface area (Å²) >= 11 is 0. The maximum absolute atomic E-state index is 15.6. The van der Waals surface area contributed by atoms with Crippen molar-refractivity contribution in [2.24, 2.45) is 0 Å². The zero-order valence-electron chi connectivity index (χ0n) is 24.4. The fraction of sp³-hybridized carbons (Fsp3) is 0.273. The molecule has 0 aliphatic rings. The molecule has 4 rings (SSSR count). The van der Waals surface area contributed by atoms with Gasteiger partial charge in [0, 0.05) is 39.6 Å². The predicted molar refractivity (Wildman–Crippen MR) is 171 cm³/mol. The van der Waals surface area contributed by atoms with Gasteiger partial charge in [0.1, 0.15) is 37.3 Å². The van der Waals surface area contributed by atoms with Crippen LogP contribution < -0.4 is 40.2 Å². The van der Waals surface area contributed by atoms with E-state index in [0.717, 1.165) is 0 Å². The molecule has 4 aromatic rings. The predicted octanol–water partition coefficient (Wildman–Crippen LogP) is 5.19. The zero-order chi connectivity index (χ0) is 30.2. The molecule has 0 spiro atoms. The monoisotopic (exact) mass is 608 g/mol. The summed E-state index contributed by atoms with van der Waals surface area (Å²) in [5.41, 5.74) is -0.554. The minimum absolute atomic E-state index is 0.0723. The van der Waals surface area contributed by atoms with Crippen LogP contribution in [-0.2, 0) is 9.13 Å². The lowest BCUT2D eigenvalue weighted by atomic mass is 10.2. The van der Waals surface area contributed by atoms with Gasteiger partial charge in [-0.25, -0.2) is 0 Å². The molecule has 7 nitrogen and oxygen atoms in total. The first-order valence-electron chi connectivity index (χ1n) is 13.7. The van der Waals surface area contributed by atoms with E-state index in [4.69, 9.17) is 18.9 Å². The largest absolute Gasteiger partial charge is 0.497 e. The van der Waals surface area contributed by atoms with Crippen LogP contribution in [0.4, 0.5) is 0 Å². The van der Waals surface area contributed by atoms with Gasteiger partial charge in [-0.3, -0.25) is 0 Å². The van der Waals surface area contributed by atoms with Gasteiger partial charge in [0.15, 0.2) is 0 Å². The first-order valence-corrected chi connectivity index (χ1v) is 17.4. The Bertz CT molecular complexity index is 1410. The van der Waals surface area contributed by atoms with Crippen molar-refractivity contribution in [1.82, 2.24) is 0 Å². The van der Waals surface area contributed by atoms with Gasteiger partial charge in [0.2, 0.25) is 0 Å². The highest BCUT2D eigenvalue weighted by molar-refractivity contribution is 7.82. The molecule has 0 saturated heterocycles. The molecule has 0 radical (unpaired) electrons. The number of aliphatic hydroxyl groups excluding tert-OH is 1. The number of aliphatic hydroxyl groups is 1. The van der Waals surface area contributed by atoms with E-state index < -0.39 is 19.9 Å². The van der Waals surface area contributed by atoms with E-state index in [1.807, 2.05) is 48.5 Å². The van der Waals surface area contributed by atoms with Crippen LogP contribution in [0, 0.1) is 0 Å². The molecule has 0 amide bonds. The number of hydrogen-bond donors (Lipinski definition) is 1. The van der Waals surface area contributed by atoms with Gasteiger partial charge < -0.3 is 33.2 Å². The third kappa shape index (κ3) is 6.60. The molecule has 0 fully saturated rings. The molecule has 0 aromatic heterocycles. The average Bonchev–Trinajstić information content (AvgIpc) is 3.06. The normalized spacial score (nSPS) is 12.4. The fourth-order valence-electron chi connectivity index (χ4n) is 5.20. The van der Waals surface area contributed by atoms with Crippen LogP contribution >= 0.6 is 14.3 Å². The minimum Gasteiger partial charge on any atom is -0.497 e. The van der Waals surface area contributed by atoms with E-state index in [1.165, 1.54) is 0 Å². The SMILES string of the molecule is COc1ccc(P(=O)(CC(CCCO)P(=O)(c2ccc(OC)cc2)c2ccc(OC)cc2)c2ccc(OC)cc2)cc1. The Balaban J connectivity index is 1.92.